The summed E-state index contributed by atoms with van der Waals surface area (Å²) in [5, 5.41) is 11.6. The predicted octanol–water partition coefficient (Wildman–Crippen LogP) is 1.55. The number of aliphatic carboxylic acids is 1. The maximum absolute atomic E-state index is 12.0. The van der Waals surface area contributed by atoms with Gasteiger partial charge in [0.15, 0.2) is 0 Å². The standard InChI is InChI=1S/C15H21NO5/c1-10(2)13(15(18)19)16-14(17)11-4-6-12(7-5-11)21-9-8-20-3/h4-7,10,13H,8-9H2,1-3H3,(H,16,17)(H,18,19)/t13-/m1/s1. The summed E-state index contributed by atoms with van der Waals surface area (Å²) in [6, 6.07) is 5.61. The normalized spacial score (nSPS) is 12.0. The van der Waals surface area contributed by atoms with Crippen LogP contribution >= 0.6 is 0 Å². The molecular formula is C15H21NO5. The Bertz CT molecular complexity index is 469. The SMILES string of the molecule is COCCOc1ccc(C(=O)N[C@@H](C(=O)O)C(C)C)cc1. The topological polar surface area (TPSA) is 84.9 Å². The number of amides is 1. The number of nitrogens with one attached hydrogen (secondary N) is 1. The van der Waals surface area contributed by atoms with Gasteiger partial charge in [-0.1, -0.05) is 13.8 Å². The number of methoxy groups -OCH3 is 1. The molecule has 0 aliphatic rings. The lowest BCUT2D eigenvalue weighted by Crippen LogP contribution is -2.44. The largest absolute Gasteiger partial charge is 0.491 e. The lowest BCUT2D eigenvalue weighted by Gasteiger charge is -2.17. The molecule has 116 valence electrons. The van der Waals surface area contributed by atoms with E-state index in [0.29, 0.717) is 24.5 Å². The van der Waals surface area contributed by atoms with E-state index in [1.807, 2.05) is 0 Å². The average Bonchev–Trinajstić information content (AvgIpc) is 2.44. The molecule has 0 aliphatic heterocycles. The van der Waals surface area contributed by atoms with Gasteiger partial charge in [0.1, 0.15) is 18.4 Å². The van der Waals surface area contributed by atoms with Crippen molar-refractivity contribution in [2.45, 2.75) is 19.9 Å². The van der Waals surface area contributed by atoms with E-state index in [4.69, 9.17) is 14.6 Å². The number of carboxylic acid groups (broad SMARTS) is 1. The van der Waals surface area contributed by atoms with Gasteiger partial charge in [-0.15, -0.1) is 0 Å². The Morgan fingerprint density at radius 3 is 2.29 bits per heavy atom. The zero-order valence-corrected chi connectivity index (χ0v) is 12.5. The molecular weight excluding hydrogens is 274 g/mol. The molecule has 0 aliphatic carbocycles. The molecule has 6 nitrogen and oxygen atoms in total. The quantitative estimate of drug-likeness (QED) is 0.711. The van der Waals surface area contributed by atoms with Crippen molar-refractivity contribution in [2.75, 3.05) is 20.3 Å². The third kappa shape index (κ3) is 5.43. The Morgan fingerprint density at radius 1 is 1.19 bits per heavy atom. The van der Waals surface area contributed by atoms with Crippen molar-refractivity contribution < 1.29 is 24.2 Å². The Morgan fingerprint density at radius 2 is 1.81 bits per heavy atom. The first kappa shape index (κ1) is 17.0. The molecule has 0 saturated heterocycles. The van der Waals surface area contributed by atoms with E-state index in [2.05, 4.69) is 5.32 Å². The number of ether oxygens (including phenoxy) is 2. The van der Waals surface area contributed by atoms with Crippen molar-refractivity contribution in [3.8, 4) is 5.75 Å². The number of hydrogen-bond acceptors (Lipinski definition) is 4. The first-order valence-corrected chi connectivity index (χ1v) is 6.71. The van der Waals surface area contributed by atoms with Crippen LogP contribution in [0.25, 0.3) is 0 Å². The van der Waals surface area contributed by atoms with Crippen LogP contribution in [-0.2, 0) is 9.53 Å². The van der Waals surface area contributed by atoms with Crippen molar-refractivity contribution in [1.82, 2.24) is 5.32 Å². The summed E-state index contributed by atoms with van der Waals surface area (Å²) in [4.78, 5) is 23.1. The zero-order valence-electron chi connectivity index (χ0n) is 12.5. The van der Waals surface area contributed by atoms with Crippen molar-refractivity contribution >= 4 is 11.9 Å². The molecule has 2 N–H and O–H groups in total. The van der Waals surface area contributed by atoms with Gasteiger partial charge in [0.25, 0.3) is 5.91 Å². The number of carboxylic acids is 1. The zero-order chi connectivity index (χ0) is 15.8. The van der Waals surface area contributed by atoms with E-state index in [0.717, 1.165) is 0 Å². The lowest BCUT2D eigenvalue weighted by atomic mass is 10.0. The molecule has 0 spiro atoms. The minimum Gasteiger partial charge on any atom is -0.491 e. The Hall–Kier alpha value is -2.08. The van der Waals surface area contributed by atoms with Crippen LogP contribution < -0.4 is 10.1 Å². The fraction of sp³-hybridized carbons (Fsp3) is 0.467. The van der Waals surface area contributed by atoms with Crippen molar-refractivity contribution in [3.63, 3.8) is 0 Å². The van der Waals surface area contributed by atoms with Gasteiger partial charge in [-0.25, -0.2) is 4.79 Å². The van der Waals surface area contributed by atoms with Crippen LogP contribution in [0.4, 0.5) is 0 Å². The smallest absolute Gasteiger partial charge is 0.326 e. The van der Waals surface area contributed by atoms with E-state index in [-0.39, 0.29) is 5.92 Å². The predicted molar refractivity (Wildman–Crippen MR) is 77.5 cm³/mol. The number of carbonyl (C=O) groups is 2. The van der Waals surface area contributed by atoms with Crippen molar-refractivity contribution in [2.24, 2.45) is 5.92 Å². The van der Waals surface area contributed by atoms with Crippen LogP contribution in [0.3, 0.4) is 0 Å². The third-order valence-electron chi connectivity index (χ3n) is 2.89. The minimum atomic E-state index is -1.04. The van der Waals surface area contributed by atoms with Crippen LogP contribution in [0.2, 0.25) is 0 Å². The first-order chi connectivity index (χ1) is 9.95. The third-order valence-corrected chi connectivity index (χ3v) is 2.89. The Balaban J connectivity index is 2.64. The molecule has 1 aromatic rings. The summed E-state index contributed by atoms with van der Waals surface area (Å²) in [5.41, 5.74) is 0.390. The molecule has 0 fully saturated rings. The van der Waals surface area contributed by atoms with Gasteiger partial charge in [0.05, 0.1) is 6.61 Å². The second-order valence-electron chi connectivity index (χ2n) is 4.90. The van der Waals surface area contributed by atoms with Crippen LogP contribution in [0.1, 0.15) is 24.2 Å². The van der Waals surface area contributed by atoms with Crippen molar-refractivity contribution in [1.29, 1.82) is 0 Å². The average molecular weight is 295 g/mol. The van der Waals surface area contributed by atoms with Crippen LogP contribution in [0.5, 0.6) is 5.75 Å². The summed E-state index contributed by atoms with van der Waals surface area (Å²) in [5.74, 6) is -1.03. The Kier molecular flexibility index (Phi) is 6.68. The second-order valence-corrected chi connectivity index (χ2v) is 4.90. The van der Waals surface area contributed by atoms with Gasteiger partial charge in [0.2, 0.25) is 0 Å². The van der Waals surface area contributed by atoms with Gasteiger partial charge in [0, 0.05) is 12.7 Å². The summed E-state index contributed by atoms with van der Waals surface area (Å²) in [6.07, 6.45) is 0. The van der Waals surface area contributed by atoms with E-state index < -0.39 is 17.9 Å². The van der Waals surface area contributed by atoms with Crippen LogP contribution in [0.15, 0.2) is 24.3 Å². The van der Waals surface area contributed by atoms with E-state index in [9.17, 15) is 9.59 Å². The highest BCUT2D eigenvalue weighted by Gasteiger charge is 2.23. The summed E-state index contributed by atoms with van der Waals surface area (Å²) < 4.78 is 10.3. The fourth-order valence-electron chi connectivity index (χ4n) is 1.68. The lowest BCUT2D eigenvalue weighted by molar-refractivity contribution is -0.140. The van der Waals surface area contributed by atoms with Gasteiger partial charge >= 0.3 is 5.97 Å². The molecule has 1 aromatic carbocycles. The van der Waals surface area contributed by atoms with Crippen molar-refractivity contribution in [3.05, 3.63) is 29.8 Å². The summed E-state index contributed by atoms with van der Waals surface area (Å²) >= 11 is 0. The highest BCUT2D eigenvalue weighted by atomic mass is 16.5. The van der Waals surface area contributed by atoms with E-state index in [1.54, 1.807) is 45.2 Å². The molecule has 21 heavy (non-hydrogen) atoms. The Labute approximate surface area is 124 Å². The van der Waals surface area contributed by atoms with Gasteiger partial charge < -0.3 is 19.9 Å². The minimum absolute atomic E-state index is 0.192. The molecule has 1 amide bonds. The highest BCUT2D eigenvalue weighted by Crippen LogP contribution is 2.13. The van der Waals surface area contributed by atoms with Crippen LogP contribution in [0, 0.1) is 5.92 Å². The fourth-order valence-corrected chi connectivity index (χ4v) is 1.68. The molecule has 0 heterocycles. The number of carbonyl (C=O) groups excluding carboxylic acids is 1. The first-order valence-electron chi connectivity index (χ1n) is 6.71. The van der Waals surface area contributed by atoms with Gasteiger partial charge in [-0.2, -0.15) is 0 Å². The highest BCUT2D eigenvalue weighted by molar-refractivity contribution is 5.96. The maximum Gasteiger partial charge on any atom is 0.326 e. The molecule has 0 aromatic heterocycles. The maximum atomic E-state index is 12.0. The van der Waals surface area contributed by atoms with Gasteiger partial charge in [-0.3, -0.25) is 4.79 Å². The number of hydrogen-bond donors (Lipinski definition) is 2. The molecule has 0 radical (unpaired) electrons. The molecule has 1 rings (SSSR count). The summed E-state index contributed by atoms with van der Waals surface area (Å²) in [6.45, 7) is 4.39. The molecule has 6 heteroatoms. The molecule has 0 bridgehead atoms. The molecule has 0 unspecified atom stereocenters. The monoisotopic (exact) mass is 295 g/mol. The molecule has 1 atom stereocenters. The number of rotatable bonds is 8. The molecule has 0 saturated carbocycles. The van der Waals surface area contributed by atoms with E-state index >= 15 is 0 Å². The van der Waals surface area contributed by atoms with E-state index in [1.165, 1.54) is 0 Å². The summed E-state index contributed by atoms with van der Waals surface area (Å²) in [7, 11) is 1.59. The number of benzene rings is 1. The van der Waals surface area contributed by atoms with Gasteiger partial charge in [-0.05, 0) is 30.2 Å². The second kappa shape index (κ2) is 8.26. The van der Waals surface area contributed by atoms with Crippen LogP contribution in [-0.4, -0.2) is 43.3 Å².